The third-order valence-corrected chi connectivity index (χ3v) is 26.3. The van der Waals surface area contributed by atoms with Crippen LogP contribution in [0, 0.1) is 0 Å². The molecular formula is C90H160N4O42. The smallest absolute Gasteiger partial charge is 0.220 e. The lowest BCUT2D eigenvalue weighted by Gasteiger charge is -2.52. The summed E-state index contributed by atoms with van der Waals surface area (Å²) in [7, 11) is 0. The van der Waals surface area contributed by atoms with E-state index in [1.54, 1.807) is 6.08 Å². The Kier molecular flexibility index (Phi) is 51.9. The van der Waals surface area contributed by atoms with Gasteiger partial charge in [0.2, 0.25) is 23.6 Å². The van der Waals surface area contributed by atoms with Gasteiger partial charge in [-0.05, 0) is 26.2 Å². The molecule has 46 heteroatoms. The molecule has 46 nitrogen and oxygen atoms in total. The van der Waals surface area contributed by atoms with Crippen molar-refractivity contribution in [3.8, 4) is 0 Å². The van der Waals surface area contributed by atoms with Crippen LogP contribution >= 0.6 is 0 Å². The van der Waals surface area contributed by atoms with Gasteiger partial charge in [0.05, 0.1) is 71.1 Å². The van der Waals surface area contributed by atoms with Gasteiger partial charge in [0.25, 0.3) is 0 Å². The quantitative estimate of drug-likeness (QED) is 0.0199. The fourth-order valence-electron chi connectivity index (χ4n) is 18.4. The number of amides is 4. The second kappa shape index (κ2) is 60.1. The molecule has 0 aliphatic carbocycles. The topological polar surface area (TPSA) is 709 Å². The van der Waals surface area contributed by atoms with E-state index >= 15 is 0 Å². The predicted molar refractivity (Wildman–Crippen MR) is 469 cm³/mol. The van der Waals surface area contributed by atoms with Crippen molar-refractivity contribution in [3.63, 3.8) is 0 Å². The average molecular weight is 1970 g/mol. The van der Waals surface area contributed by atoms with E-state index in [1.807, 2.05) is 6.08 Å². The van der Waals surface area contributed by atoms with E-state index < -0.39 is 328 Å². The Labute approximate surface area is 793 Å². The van der Waals surface area contributed by atoms with Crippen LogP contribution in [0.2, 0.25) is 0 Å². The van der Waals surface area contributed by atoms with Crippen LogP contribution in [0.4, 0.5) is 0 Å². The maximum absolute atomic E-state index is 13.6. The minimum absolute atomic E-state index is 0.151. The number of aliphatic hydroxyl groups is 22. The van der Waals surface area contributed by atoms with Gasteiger partial charge < -0.3 is 209 Å². The van der Waals surface area contributed by atoms with Crippen molar-refractivity contribution in [2.24, 2.45) is 0 Å². The zero-order valence-corrected chi connectivity index (χ0v) is 78.9. The highest BCUT2D eigenvalue weighted by atomic mass is 16.8. The molecule has 26 N–H and O–H groups in total. The van der Waals surface area contributed by atoms with E-state index in [-0.39, 0.29) is 12.3 Å². The largest absolute Gasteiger partial charge is 0.394 e. The lowest BCUT2D eigenvalue weighted by molar-refractivity contribution is -0.396. The molecule has 42 atom stereocenters. The van der Waals surface area contributed by atoms with Gasteiger partial charge >= 0.3 is 0 Å². The van der Waals surface area contributed by atoms with Gasteiger partial charge in [-0.15, -0.1) is 0 Å². The Morgan fingerprint density at radius 3 is 1.02 bits per heavy atom. The van der Waals surface area contributed by atoms with E-state index in [0.29, 0.717) is 12.8 Å². The normalized spacial score (nSPS) is 39.5. The minimum Gasteiger partial charge on any atom is -0.394 e. The van der Waals surface area contributed by atoms with Crippen LogP contribution in [0.3, 0.4) is 0 Å². The molecule has 8 rings (SSSR count). The van der Waals surface area contributed by atoms with Gasteiger partial charge in [-0.25, -0.2) is 0 Å². The molecule has 0 spiro atoms. The number of allylic oxidation sites excluding steroid dienone is 1. The molecule has 792 valence electrons. The molecule has 0 aromatic heterocycles. The first-order valence-electron chi connectivity index (χ1n) is 48.8. The number of aliphatic hydroxyl groups excluding tert-OH is 22. The van der Waals surface area contributed by atoms with E-state index in [2.05, 4.69) is 35.1 Å². The molecule has 8 fully saturated rings. The molecule has 8 heterocycles. The predicted octanol–water partition coefficient (Wildman–Crippen LogP) is -5.60. The second-order valence-corrected chi connectivity index (χ2v) is 37.0. The highest BCUT2D eigenvalue weighted by Gasteiger charge is 2.61. The first-order valence-corrected chi connectivity index (χ1v) is 48.8. The zero-order chi connectivity index (χ0) is 99.6. The Morgan fingerprint density at radius 1 is 0.301 bits per heavy atom. The summed E-state index contributed by atoms with van der Waals surface area (Å²) in [5.41, 5.74) is 0. The van der Waals surface area contributed by atoms with Crippen LogP contribution in [0.25, 0.3) is 0 Å². The highest BCUT2D eigenvalue weighted by Crippen LogP contribution is 2.41. The fourth-order valence-corrected chi connectivity index (χ4v) is 18.4. The number of ether oxygens (including phenoxy) is 16. The molecule has 0 aromatic carbocycles. The summed E-state index contributed by atoms with van der Waals surface area (Å²) in [4.78, 5) is 52.7. The second-order valence-electron chi connectivity index (χ2n) is 37.0. The molecule has 0 bridgehead atoms. The summed E-state index contributed by atoms with van der Waals surface area (Å²) in [5, 5.41) is 260. The van der Waals surface area contributed by atoms with Crippen LogP contribution in [0.1, 0.15) is 221 Å². The molecule has 4 amide bonds. The number of hydrogen-bond acceptors (Lipinski definition) is 42. The van der Waals surface area contributed by atoms with Crippen LogP contribution in [0.15, 0.2) is 12.2 Å². The van der Waals surface area contributed by atoms with Crippen molar-refractivity contribution >= 4 is 23.6 Å². The van der Waals surface area contributed by atoms with Crippen molar-refractivity contribution in [1.82, 2.24) is 21.3 Å². The first kappa shape index (κ1) is 117. The van der Waals surface area contributed by atoms with Crippen molar-refractivity contribution in [1.29, 1.82) is 0 Å². The summed E-state index contributed by atoms with van der Waals surface area (Å²) in [6.07, 6.45) is -41.7. The zero-order valence-electron chi connectivity index (χ0n) is 78.9. The van der Waals surface area contributed by atoms with Crippen molar-refractivity contribution < 1.29 is 207 Å². The van der Waals surface area contributed by atoms with E-state index in [9.17, 15) is 132 Å². The molecule has 8 saturated heterocycles. The Bertz CT molecular complexity index is 3380. The van der Waals surface area contributed by atoms with Crippen molar-refractivity contribution in [3.05, 3.63) is 12.2 Å². The molecular weight excluding hydrogens is 1810 g/mol. The van der Waals surface area contributed by atoms with E-state index in [1.165, 1.54) is 110 Å². The molecule has 8 aliphatic rings. The maximum atomic E-state index is 13.6. The van der Waals surface area contributed by atoms with Crippen LogP contribution < -0.4 is 21.3 Å². The Morgan fingerprint density at radius 2 is 0.610 bits per heavy atom. The Balaban J connectivity index is 0.954. The molecule has 8 aliphatic heterocycles. The van der Waals surface area contributed by atoms with Gasteiger partial charge in [-0.1, -0.05) is 180 Å². The third-order valence-electron chi connectivity index (χ3n) is 26.3. The van der Waals surface area contributed by atoms with Crippen molar-refractivity contribution in [2.75, 3.05) is 52.9 Å². The van der Waals surface area contributed by atoms with Gasteiger partial charge in [0.1, 0.15) is 189 Å². The summed E-state index contributed by atoms with van der Waals surface area (Å²) >= 11 is 0. The summed E-state index contributed by atoms with van der Waals surface area (Å²) < 4.78 is 96.7. The van der Waals surface area contributed by atoms with Crippen molar-refractivity contribution in [2.45, 2.75) is 479 Å². The number of carbonyl (C=O) groups excluding carboxylic acids is 4. The highest BCUT2D eigenvalue weighted by molar-refractivity contribution is 5.76. The standard InChI is InChI=1S/C90H160N4O42/c1-7-9-11-13-15-17-19-21-22-24-26-28-30-32-34-36-58(106)94-49(50(105)35-33-31-29-27-25-23-20-18-16-14-12-10-8-2)44-121-86-72(117)70(115)77(56(42-100)129-86)131-89-73(118)80(64(109)52(38-96)125-89)135-84-60(92-47(5)103)68(113)76(55(41-99)127-84)130-88-74(119)82(66(111)53(39-97)124-88)136-85-61(93-48(6)104)79(133-87-71(116)69(114)62(107)45(3)122-87)78(57(43-101)128-85)132-90-75(120)81(65(110)54(40-98)126-90)134-83-59(91-46(4)102)67(112)63(108)51(37-95)123-83/h33,35,45,49-57,59-90,95-101,105,107-120H,7-32,34,36-44H2,1-6H3,(H,91,102)(H,92,103)(H,93,104)(H,94,106)/b35-33+/t45?,49-,50+,51?,52?,53?,54?,55?,56?,57?,59?,60?,61?,62+,63+,64-,65-,66-,67+,68+,69?,70+,71-,72?,73?,74?,75?,76+,77+,78+,79+,80-,81-,82-,83-,84-,85-,86+,87+,88-,89-,90-/m0/s1. The summed E-state index contributed by atoms with van der Waals surface area (Å²) in [6, 6.07) is -6.71. The molecule has 0 aromatic rings. The Hall–Kier alpha value is -3.90. The molecule has 16 unspecified atom stereocenters. The first-order chi connectivity index (χ1) is 65.1. The fraction of sp³-hybridized carbons (Fsp3) is 0.933. The van der Waals surface area contributed by atoms with Gasteiger partial charge in [0.15, 0.2) is 50.3 Å². The monoisotopic (exact) mass is 1970 g/mol. The average Bonchev–Trinajstić information content (AvgIpc) is 0.754. The molecule has 0 saturated carbocycles. The van der Waals surface area contributed by atoms with Gasteiger partial charge in [-0.3, -0.25) is 19.2 Å². The number of unbranched alkanes of at least 4 members (excludes halogenated alkanes) is 25. The number of nitrogens with one attached hydrogen (secondary N) is 4. The summed E-state index contributed by atoms with van der Waals surface area (Å²) in [6.45, 7) is 0.568. The van der Waals surface area contributed by atoms with Crippen LogP contribution in [-0.2, 0) is 95.0 Å². The van der Waals surface area contributed by atoms with Gasteiger partial charge in [0, 0.05) is 27.2 Å². The minimum atomic E-state index is -2.41. The lowest BCUT2D eigenvalue weighted by atomic mass is 9.93. The SMILES string of the molecule is CCCCCCCCCCCCC/C=C/[C@@H](O)[C@H](CO[C@@H]1OC(CO)[C@@H](O[C@@H]2OC(CO)[C@H](O)[C@H](O[C@@H]3OC(CO)[C@@H](O[C@@H]4OC(CO)[C@H](O)[C@H](O[C@@H]5OC(CO)[C@@H](O[C@@H]6OC(CO)[C@H](O)[C@H](O[C@@H]7OC(CO)[C@@H](O)[C@H](O)C7NC(C)=O)C6O)[C@H](O[C@H]6OC(C)[C@@H](O)C(O)[C@@H]6O)C5NC(C)=O)C4O)[C@H](O)C3NC(C)=O)C2O)[C@H](O)C1O)NC(=O)CCCCCCCCCCCCCCCCC. The molecule has 0 radical (unpaired) electrons. The summed E-state index contributed by atoms with van der Waals surface area (Å²) in [5.74, 6) is -3.07. The van der Waals surface area contributed by atoms with Crippen LogP contribution in [0.5, 0.6) is 0 Å². The molecule has 136 heavy (non-hydrogen) atoms. The number of rotatable bonds is 58. The maximum Gasteiger partial charge on any atom is 0.220 e. The van der Waals surface area contributed by atoms with Crippen LogP contribution in [-0.4, -0.2) is 446 Å². The number of carbonyl (C=O) groups is 4. The lowest BCUT2D eigenvalue weighted by Crippen LogP contribution is -2.72. The van der Waals surface area contributed by atoms with Gasteiger partial charge in [-0.2, -0.15) is 0 Å². The van der Waals surface area contributed by atoms with E-state index in [4.69, 9.17) is 75.8 Å². The van der Waals surface area contributed by atoms with E-state index in [0.717, 1.165) is 78.6 Å². The third kappa shape index (κ3) is 33.3. The number of hydrogen-bond donors (Lipinski definition) is 26.